The van der Waals surface area contributed by atoms with Crippen LogP contribution in [0.5, 0.6) is 0 Å². The Morgan fingerprint density at radius 1 is 1.22 bits per heavy atom. The molecule has 1 heterocycles. The van der Waals surface area contributed by atoms with E-state index in [9.17, 15) is 14.3 Å². The van der Waals surface area contributed by atoms with Crippen molar-refractivity contribution in [3.63, 3.8) is 0 Å². The highest BCUT2D eigenvalue weighted by Crippen LogP contribution is 2.22. The molecule has 6 heteroatoms. The molecule has 2 N–H and O–H groups in total. The third kappa shape index (κ3) is 5.15. The molecule has 1 atom stereocenters. The second kappa shape index (κ2) is 9.30. The first-order valence-electron chi connectivity index (χ1n) is 8.94. The molecule has 0 spiro atoms. The van der Waals surface area contributed by atoms with Crippen molar-refractivity contribution < 1.29 is 19.0 Å². The molecule has 142 valence electrons. The van der Waals surface area contributed by atoms with Crippen LogP contribution in [0, 0.1) is 5.82 Å². The number of ether oxygens (including phenoxy) is 1. The van der Waals surface area contributed by atoms with Gasteiger partial charge in [0.2, 0.25) is 5.91 Å². The van der Waals surface area contributed by atoms with Crippen LogP contribution in [-0.4, -0.2) is 43.9 Å². The molecular formula is C21H23FN2O3. The highest BCUT2D eigenvalue weighted by Gasteiger charge is 2.16. The summed E-state index contributed by atoms with van der Waals surface area (Å²) < 4.78 is 19.0. The number of nitrogens with zero attached hydrogens (tertiary/aromatic N) is 1. The van der Waals surface area contributed by atoms with Crippen LogP contribution in [0.15, 0.2) is 54.6 Å². The van der Waals surface area contributed by atoms with E-state index in [0.29, 0.717) is 18.8 Å². The number of amides is 1. The van der Waals surface area contributed by atoms with E-state index in [1.54, 1.807) is 18.2 Å². The van der Waals surface area contributed by atoms with Gasteiger partial charge in [-0.25, -0.2) is 4.39 Å². The number of hydrogen-bond acceptors (Lipinski definition) is 4. The first kappa shape index (κ1) is 19.1. The zero-order valence-corrected chi connectivity index (χ0v) is 15.0. The average molecular weight is 370 g/mol. The van der Waals surface area contributed by atoms with E-state index in [1.807, 2.05) is 24.3 Å². The molecule has 1 saturated heterocycles. The third-order valence-corrected chi connectivity index (χ3v) is 4.47. The van der Waals surface area contributed by atoms with Crippen LogP contribution in [-0.2, 0) is 9.53 Å². The van der Waals surface area contributed by atoms with Crippen LogP contribution in [0.4, 0.5) is 10.1 Å². The maximum absolute atomic E-state index is 13.6. The van der Waals surface area contributed by atoms with Gasteiger partial charge in [-0.3, -0.25) is 4.79 Å². The molecule has 1 aliphatic heterocycles. The van der Waals surface area contributed by atoms with Gasteiger partial charge in [-0.1, -0.05) is 30.3 Å². The molecule has 0 radical (unpaired) electrons. The number of hydrogen-bond donors (Lipinski definition) is 2. The van der Waals surface area contributed by atoms with Gasteiger partial charge in [0, 0.05) is 30.4 Å². The monoisotopic (exact) mass is 370 g/mol. The summed E-state index contributed by atoms with van der Waals surface area (Å²) in [6, 6.07) is 13.4. The molecule has 1 fully saturated rings. The van der Waals surface area contributed by atoms with Crippen molar-refractivity contribution in [3.8, 4) is 0 Å². The molecule has 27 heavy (non-hydrogen) atoms. The van der Waals surface area contributed by atoms with E-state index in [4.69, 9.17) is 4.74 Å². The SMILES string of the molecule is O=C(/C=C/c1ccccc1F)N[C@H](CO)c1cccc(N2CCOCC2)c1. The standard InChI is InChI=1S/C21H23FN2O3/c22-19-7-2-1-4-16(19)8-9-21(26)23-20(15-25)17-5-3-6-18(14-17)24-10-12-27-13-11-24/h1-9,14,20,25H,10-13,15H2,(H,23,26)/b9-8+/t20-/m1/s1. The molecule has 0 unspecified atom stereocenters. The van der Waals surface area contributed by atoms with E-state index in [1.165, 1.54) is 18.2 Å². The maximum atomic E-state index is 13.6. The van der Waals surface area contributed by atoms with Gasteiger partial charge in [-0.2, -0.15) is 0 Å². The van der Waals surface area contributed by atoms with Gasteiger partial charge in [-0.05, 0) is 29.8 Å². The first-order valence-corrected chi connectivity index (χ1v) is 8.94. The van der Waals surface area contributed by atoms with Crippen molar-refractivity contribution >= 4 is 17.7 Å². The van der Waals surface area contributed by atoms with Crippen LogP contribution in [0.1, 0.15) is 17.2 Å². The number of carbonyl (C=O) groups is 1. The number of anilines is 1. The summed E-state index contributed by atoms with van der Waals surface area (Å²) in [6.07, 6.45) is 2.69. The van der Waals surface area contributed by atoms with Crippen LogP contribution in [0.25, 0.3) is 6.08 Å². The first-order chi connectivity index (χ1) is 13.2. The molecule has 0 aliphatic carbocycles. The van der Waals surface area contributed by atoms with Gasteiger partial charge >= 0.3 is 0 Å². The van der Waals surface area contributed by atoms with Crippen LogP contribution in [0.3, 0.4) is 0 Å². The Balaban J connectivity index is 1.67. The number of morpholine rings is 1. The molecule has 0 bridgehead atoms. The van der Waals surface area contributed by atoms with Gasteiger partial charge in [0.1, 0.15) is 5.82 Å². The van der Waals surface area contributed by atoms with Crippen LogP contribution in [0.2, 0.25) is 0 Å². The fraction of sp³-hybridized carbons (Fsp3) is 0.286. The molecule has 2 aromatic rings. The number of rotatable bonds is 6. The Morgan fingerprint density at radius 2 is 2.00 bits per heavy atom. The van der Waals surface area contributed by atoms with Gasteiger partial charge in [0.25, 0.3) is 0 Å². The summed E-state index contributed by atoms with van der Waals surface area (Å²) in [6.45, 7) is 2.76. The van der Waals surface area contributed by atoms with Crippen molar-refractivity contribution in [2.75, 3.05) is 37.8 Å². The minimum absolute atomic E-state index is 0.230. The van der Waals surface area contributed by atoms with Crippen LogP contribution < -0.4 is 10.2 Å². The molecular weight excluding hydrogens is 347 g/mol. The second-order valence-corrected chi connectivity index (χ2v) is 6.29. The second-order valence-electron chi connectivity index (χ2n) is 6.29. The highest BCUT2D eigenvalue weighted by molar-refractivity contribution is 5.92. The van der Waals surface area contributed by atoms with Gasteiger partial charge in [0.05, 0.1) is 25.9 Å². The Labute approximate surface area is 158 Å². The lowest BCUT2D eigenvalue weighted by Crippen LogP contribution is -2.36. The summed E-state index contributed by atoms with van der Waals surface area (Å²) in [4.78, 5) is 14.4. The maximum Gasteiger partial charge on any atom is 0.244 e. The van der Waals surface area contributed by atoms with E-state index in [2.05, 4.69) is 10.2 Å². The number of aliphatic hydroxyl groups is 1. The summed E-state index contributed by atoms with van der Waals surface area (Å²) in [5, 5.41) is 12.5. The lowest BCUT2D eigenvalue weighted by molar-refractivity contribution is -0.117. The fourth-order valence-corrected chi connectivity index (χ4v) is 2.99. The van der Waals surface area contributed by atoms with Gasteiger partial charge in [0.15, 0.2) is 0 Å². The summed E-state index contributed by atoms with van der Waals surface area (Å²) in [5.74, 6) is -0.785. The van der Waals surface area contributed by atoms with Gasteiger partial charge in [-0.15, -0.1) is 0 Å². The zero-order chi connectivity index (χ0) is 19.1. The Morgan fingerprint density at radius 3 is 2.74 bits per heavy atom. The largest absolute Gasteiger partial charge is 0.394 e. The Kier molecular flexibility index (Phi) is 6.57. The fourth-order valence-electron chi connectivity index (χ4n) is 2.99. The number of aliphatic hydroxyl groups excluding tert-OH is 1. The number of carbonyl (C=O) groups excluding carboxylic acids is 1. The minimum Gasteiger partial charge on any atom is -0.394 e. The lowest BCUT2D eigenvalue weighted by Gasteiger charge is -2.29. The highest BCUT2D eigenvalue weighted by atomic mass is 19.1. The van der Waals surface area contributed by atoms with E-state index in [0.717, 1.165) is 24.3 Å². The molecule has 0 aromatic heterocycles. The van der Waals surface area contributed by atoms with Crippen LogP contribution >= 0.6 is 0 Å². The molecule has 5 nitrogen and oxygen atoms in total. The molecule has 0 saturated carbocycles. The minimum atomic E-state index is -0.538. The molecule has 1 amide bonds. The van der Waals surface area contributed by atoms with Crippen molar-refractivity contribution in [2.45, 2.75) is 6.04 Å². The van der Waals surface area contributed by atoms with Crippen molar-refractivity contribution in [1.82, 2.24) is 5.32 Å². The molecule has 2 aromatic carbocycles. The predicted molar refractivity (Wildman–Crippen MR) is 103 cm³/mol. The normalized spacial score (nSPS) is 15.7. The molecule has 3 rings (SSSR count). The van der Waals surface area contributed by atoms with Crippen molar-refractivity contribution in [3.05, 3.63) is 71.6 Å². The topological polar surface area (TPSA) is 61.8 Å². The summed E-state index contributed by atoms with van der Waals surface area (Å²) in [5.41, 5.74) is 2.18. The van der Waals surface area contributed by atoms with E-state index < -0.39 is 17.8 Å². The Hall–Kier alpha value is -2.70. The predicted octanol–water partition coefficient (Wildman–Crippen LogP) is 2.53. The number of benzene rings is 2. The number of halogens is 1. The quantitative estimate of drug-likeness (QED) is 0.767. The smallest absolute Gasteiger partial charge is 0.244 e. The summed E-state index contributed by atoms with van der Waals surface area (Å²) >= 11 is 0. The zero-order valence-electron chi connectivity index (χ0n) is 15.0. The van der Waals surface area contributed by atoms with Crippen molar-refractivity contribution in [2.24, 2.45) is 0 Å². The lowest BCUT2D eigenvalue weighted by atomic mass is 10.1. The van der Waals surface area contributed by atoms with E-state index >= 15 is 0 Å². The average Bonchev–Trinajstić information content (AvgIpc) is 2.72. The van der Waals surface area contributed by atoms with E-state index in [-0.39, 0.29) is 6.61 Å². The third-order valence-electron chi connectivity index (χ3n) is 4.47. The summed E-state index contributed by atoms with van der Waals surface area (Å²) in [7, 11) is 0. The molecule has 1 aliphatic rings. The van der Waals surface area contributed by atoms with Crippen molar-refractivity contribution in [1.29, 1.82) is 0 Å². The van der Waals surface area contributed by atoms with Gasteiger partial charge < -0.3 is 20.1 Å². The number of nitrogens with one attached hydrogen (secondary N) is 1. The Bertz CT molecular complexity index is 804.